The van der Waals surface area contributed by atoms with Crippen LogP contribution in [-0.2, 0) is 14.8 Å². The summed E-state index contributed by atoms with van der Waals surface area (Å²) >= 11 is 0. The van der Waals surface area contributed by atoms with Gasteiger partial charge in [-0.05, 0) is 49.9 Å². The average molecular weight is 392 g/mol. The lowest BCUT2D eigenvalue weighted by Crippen LogP contribution is -2.62. The smallest absolute Gasteiger partial charge is 0.192 e. The van der Waals surface area contributed by atoms with Crippen molar-refractivity contribution in [1.82, 2.24) is 4.90 Å². The molecule has 27 heavy (non-hydrogen) atoms. The van der Waals surface area contributed by atoms with Crippen LogP contribution in [0.4, 0.5) is 0 Å². The minimum atomic E-state index is -1.81. The van der Waals surface area contributed by atoms with Crippen LogP contribution in [0.2, 0.25) is 18.1 Å². The van der Waals surface area contributed by atoms with Crippen molar-refractivity contribution in [3.63, 3.8) is 0 Å². The molecule has 152 valence electrons. The highest BCUT2D eigenvalue weighted by molar-refractivity contribution is 6.74. The van der Waals surface area contributed by atoms with E-state index in [1.165, 1.54) is 0 Å². The summed E-state index contributed by atoms with van der Waals surface area (Å²) in [6.45, 7) is 14.9. The summed E-state index contributed by atoms with van der Waals surface area (Å²) < 4.78 is 12.9. The van der Waals surface area contributed by atoms with Crippen LogP contribution >= 0.6 is 0 Å². The first-order chi connectivity index (χ1) is 12.5. The van der Waals surface area contributed by atoms with Gasteiger partial charge in [-0.2, -0.15) is 0 Å². The lowest BCUT2D eigenvalue weighted by Gasteiger charge is -2.52. The monoisotopic (exact) mass is 391 g/mol. The maximum Gasteiger partial charge on any atom is 0.192 e. The number of rotatable bonds is 4. The Bertz CT molecular complexity index is 626. The third kappa shape index (κ3) is 4.32. The summed E-state index contributed by atoms with van der Waals surface area (Å²) in [6.07, 6.45) is 3.15. The first-order valence-electron chi connectivity index (χ1n) is 10.4. The molecule has 0 saturated carbocycles. The molecule has 2 heterocycles. The summed E-state index contributed by atoms with van der Waals surface area (Å²) in [7, 11) is -1.81. The van der Waals surface area contributed by atoms with Crippen molar-refractivity contribution < 1.29 is 14.3 Å². The summed E-state index contributed by atoms with van der Waals surface area (Å²) in [5, 5.41) is 11.6. The minimum absolute atomic E-state index is 0.206. The van der Waals surface area contributed by atoms with Gasteiger partial charge in [-0.15, -0.1) is 0 Å². The predicted octanol–water partition coefficient (Wildman–Crippen LogP) is 4.50. The Hall–Kier alpha value is -0.723. The maximum absolute atomic E-state index is 11.4. The van der Waals surface area contributed by atoms with Gasteiger partial charge < -0.3 is 14.3 Å². The fraction of sp³-hybridized carbons (Fsp3) is 0.727. The molecule has 1 aromatic rings. The van der Waals surface area contributed by atoms with Crippen molar-refractivity contribution in [2.75, 3.05) is 13.2 Å². The van der Waals surface area contributed by atoms with Crippen LogP contribution < -0.4 is 0 Å². The van der Waals surface area contributed by atoms with Gasteiger partial charge in [0.15, 0.2) is 8.32 Å². The van der Waals surface area contributed by atoms with Gasteiger partial charge in [0.05, 0.1) is 12.7 Å². The molecule has 2 aliphatic rings. The standard InChI is InChI=1S/C22H37NO3Si/c1-21(2,3)27(5,6)26-19-13-12-18-14-15-25-20(23(18)16-19)22(4,24)17-10-8-7-9-11-17/h7-11,18-20,24H,12-16H2,1-6H3/t18-,19-,20-,22-/m0/s1. The molecule has 0 bridgehead atoms. The Morgan fingerprint density at radius 2 is 1.74 bits per heavy atom. The highest BCUT2D eigenvalue weighted by Gasteiger charge is 2.47. The summed E-state index contributed by atoms with van der Waals surface area (Å²) in [5.41, 5.74) is -0.137. The highest BCUT2D eigenvalue weighted by Crippen LogP contribution is 2.41. The second-order valence-corrected chi connectivity index (χ2v) is 14.7. The van der Waals surface area contributed by atoms with E-state index in [9.17, 15) is 5.11 Å². The van der Waals surface area contributed by atoms with Gasteiger partial charge in [0.2, 0.25) is 0 Å². The lowest BCUT2D eigenvalue weighted by molar-refractivity contribution is -0.226. The Labute approximate surface area is 166 Å². The van der Waals surface area contributed by atoms with Crippen LogP contribution in [0.3, 0.4) is 0 Å². The van der Waals surface area contributed by atoms with Gasteiger partial charge in [-0.1, -0.05) is 51.1 Å². The van der Waals surface area contributed by atoms with Gasteiger partial charge in [0.1, 0.15) is 11.8 Å². The first kappa shape index (κ1) is 21.0. The number of fused-ring (bicyclic) bond motifs is 1. The topological polar surface area (TPSA) is 41.9 Å². The number of ether oxygens (including phenoxy) is 1. The molecule has 5 heteroatoms. The number of hydrogen-bond donors (Lipinski definition) is 1. The van der Waals surface area contributed by atoms with E-state index < -0.39 is 13.9 Å². The third-order valence-electron chi connectivity index (χ3n) is 6.84. The Balaban J connectivity index is 1.78. The molecule has 0 unspecified atom stereocenters. The molecule has 2 aliphatic heterocycles. The molecule has 0 amide bonds. The Morgan fingerprint density at radius 3 is 2.37 bits per heavy atom. The zero-order chi connectivity index (χ0) is 19.9. The molecule has 2 fully saturated rings. The van der Waals surface area contributed by atoms with E-state index in [0.717, 1.165) is 31.4 Å². The summed E-state index contributed by atoms with van der Waals surface area (Å²) in [6, 6.07) is 10.4. The van der Waals surface area contributed by atoms with Crippen molar-refractivity contribution >= 4 is 8.32 Å². The zero-order valence-electron chi connectivity index (χ0n) is 17.9. The molecule has 4 atom stereocenters. The van der Waals surface area contributed by atoms with Gasteiger partial charge in [-0.25, -0.2) is 0 Å². The number of aliphatic hydroxyl groups is 1. The van der Waals surface area contributed by atoms with Crippen molar-refractivity contribution in [1.29, 1.82) is 0 Å². The first-order valence-corrected chi connectivity index (χ1v) is 13.3. The van der Waals surface area contributed by atoms with Crippen molar-refractivity contribution in [2.45, 2.75) is 89.1 Å². The van der Waals surface area contributed by atoms with E-state index in [4.69, 9.17) is 9.16 Å². The van der Waals surface area contributed by atoms with E-state index in [-0.39, 0.29) is 17.4 Å². The van der Waals surface area contributed by atoms with Crippen molar-refractivity contribution in [2.24, 2.45) is 0 Å². The van der Waals surface area contributed by atoms with Crippen LogP contribution in [0.5, 0.6) is 0 Å². The number of hydrogen-bond acceptors (Lipinski definition) is 4. The fourth-order valence-corrected chi connectivity index (χ4v) is 5.50. The van der Waals surface area contributed by atoms with E-state index in [1.54, 1.807) is 0 Å². The number of piperidine rings is 1. The van der Waals surface area contributed by atoms with Crippen LogP contribution in [0.1, 0.15) is 52.5 Å². The van der Waals surface area contributed by atoms with Crippen LogP contribution in [0.15, 0.2) is 30.3 Å². The van der Waals surface area contributed by atoms with Gasteiger partial charge >= 0.3 is 0 Å². The van der Waals surface area contributed by atoms with E-state index in [2.05, 4.69) is 38.8 Å². The zero-order valence-corrected chi connectivity index (χ0v) is 18.9. The molecule has 4 nitrogen and oxygen atoms in total. The quantitative estimate of drug-likeness (QED) is 0.768. The molecule has 0 spiro atoms. The SMILES string of the molecule is CC(C)(C)[Si](C)(C)O[C@H]1CC[C@H]2CCO[C@@H]([C@@](C)(O)c3ccccc3)N2C1. The van der Waals surface area contributed by atoms with Crippen LogP contribution in [-0.4, -0.2) is 49.8 Å². The van der Waals surface area contributed by atoms with E-state index in [1.807, 2.05) is 37.3 Å². The average Bonchev–Trinajstić information content (AvgIpc) is 2.60. The maximum atomic E-state index is 11.4. The van der Waals surface area contributed by atoms with Crippen molar-refractivity contribution in [3.8, 4) is 0 Å². The Morgan fingerprint density at radius 1 is 1.07 bits per heavy atom. The summed E-state index contributed by atoms with van der Waals surface area (Å²) in [4.78, 5) is 2.37. The van der Waals surface area contributed by atoms with Crippen LogP contribution in [0, 0.1) is 0 Å². The summed E-state index contributed by atoms with van der Waals surface area (Å²) in [5.74, 6) is 0. The van der Waals surface area contributed by atoms with Crippen molar-refractivity contribution in [3.05, 3.63) is 35.9 Å². The largest absolute Gasteiger partial charge is 0.413 e. The molecule has 0 aliphatic carbocycles. The van der Waals surface area contributed by atoms with E-state index >= 15 is 0 Å². The molecule has 1 aromatic carbocycles. The fourth-order valence-electron chi connectivity index (χ4n) is 4.12. The normalized spacial score (nSPS) is 29.8. The molecular weight excluding hydrogens is 354 g/mol. The number of nitrogens with zero attached hydrogens (tertiary/aromatic N) is 1. The van der Waals surface area contributed by atoms with Crippen LogP contribution in [0.25, 0.3) is 0 Å². The highest BCUT2D eigenvalue weighted by atomic mass is 28.4. The second-order valence-electron chi connectivity index (χ2n) is 9.95. The minimum Gasteiger partial charge on any atom is -0.413 e. The molecule has 3 rings (SSSR count). The van der Waals surface area contributed by atoms with Gasteiger partial charge in [0, 0.05) is 12.6 Å². The third-order valence-corrected chi connectivity index (χ3v) is 11.4. The van der Waals surface area contributed by atoms with Gasteiger partial charge in [-0.3, -0.25) is 4.90 Å². The lowest BCUT2D eigenvalue weighted by atomic mass is 9.88. The molecule has 0 radical (unpaired) electrons. The molecular formula is C22H37NO3Si. The Kier molecular flexibility index (Phi) is 5.91. The molecule has 0 aromatic heterocycles. The van der Waals surface area contributed by atoms with E-state index in [0.29, 0.717) is 12.6 Å². The predicted molar refractivity (Wildman–Crippen MR) is 112 cm³/mol. The number of benzene rings is 1. The second kappa shape index (κ2) is 7.60. The van der Waals surface area contributed by atoms with Gasteiger partial charge in [0.25, 0.3) is 0 Å². The molecule has 2 saturated heterocycles. The molecule has 1 N–H and O–H groups in total.